The van der Waals surface area contributed by atoms with E-state index in [1.54, 1.807) is 0 Å². The Morgan fingerprint density at radius 2 is 2.14 bits per heavy atom. The van der Waals surface area contributed by atoms with Gasteiger partial charge in [-0.05, 0) is 56.1 Å². The van der Waals surface area contributed by atoms with Crippen molar-refractivity contribution in [2.45, 2.75) is 25.8 Å². The van der Waals surface area contributed by atoms with Crippen LogP contribution in [0.25, 0.3) is 0 Å². The highest BCUT2D eigenvalue weighted by Gasteiger charge is 2.32. The molecule has 2 N–H and O–H groups in total. The molecule has 116 valence electrons. The smallest absolute Gasteiger partial charge is 0.179 e. The lowest BCUT2D eigenvalue weighted by Crippen LogP contribution is -2.41. The summed E-state index contributed by atoms with van der Waals surface area (Å²) in [5.74, 6) is 1.91. The van der Waals surface area contributed by atoms with Crippen molar-refractivity contribution in [2.75, 3.05) is 32.8 Å². The molecule has 4 nitrogen and oxygen atoms in total. The van der Waals surface area contributed by atoms with E-state index in [9.17, 15) is 0 Å². The summed E-state index contributed by atoms with van der Waals surface area (Å²) in [4.78, 5) is 2.49. The van der Waals surface area contributed by atoms with Gasteiger partial charge < -0.3 is 15.2 Å². The second kappa shape index (κ2) is 6.42. The highest BCUT2D eigenvalue weighted by molar-refractivity contribution is 6.32. The van der Waals surface area contributed by atoms with E-state index in [1.165, 1.54) is 18.4 Å². The lowest BCUT2D eigenvalue weighted by Gasteiger charge is -2.41. The monoisotopic (exact) mass is 310 g/mol. The molecule has 5 heteroatoms. The van der Waals surface area contributed by atoms with Gasteiger partial charge in [-0.1, -0.05) is 18.5 Å². The highest BCUT2D eigenvalue weighted by atomic mass is 35.5. The van der Waals surface area contributed by atoms with Crippen molar-refractivity contribution < 1.29 is 9.47 Å². The molecule has 1 aromatic rings. The molecular weight excluding hydrogens is 288 g/mol. The van der Waals surface area contributed by atoms with Crippen LogP contribution >= 0.6 is 11.6 Å². The first-order valence-corrected chi connectivity index (χ1v) is 8.15. The molecule has 2 heterocycles. The normalized spacial score (nSPS) is 25.9. The van der Waals surface area contributed by atoms with Crippen molar-refractivity contribution in [1.29, 1.82) is 0 Å². The number of nitrogens with zero attached hydrogens (tertiary/aromatic N) is 1. The van der Waals surface area contributed by atoms with Gasteiger partial charge in [-0.3, -0.25) is 4.90 Å². The number of rotatable bonds is 3. The van der Waals surface area contributed by atoms with Gasteiger partial charge in [-0.2, -0.15) is 0 Å². The van der Waals surface area contributed by atoms with E-state index >= 15 is 0 Å². The quantitative estimate of drug-likeness (QED) is 0.932. The molecule has 0 aromatic heterocycles. The maximum atomic E-state index is 6.39. The molecule has 2 aliphatic rings. The van der Waals surface area contributed by atoms with Crippen LogP contribution in [0, 0.1) is 5.92 Å². The summed E-state index contributed by atoms with van der Waals surface area (Å²) in [6.45, 7) is 6.17. The summed E-state index contributed by atoms with van der Waals surface area (Å²) < 4.78 is 11.3. The number of halogens is 1. The number of benzene rings is 1. The van der Waals surface area contributed by atoms with E-state index in [4.69, 9.17) is 26.8 Å². The molecule has 1 aromatic carbocycles. The molecule has 0 amide bonds. The molecule has 2 atom stereocenters. The van der Waals surface area contributed by atoms with Crippen LogP contribution in [0.1, 0.15) is 31.4 Å². The minimum Gasteiger partial charge on any atom is -0.486 e. The molecule has 0 bridgehead atoms. The third-order valence-corrected chi connectivity index (χ3v) is 4.81. The lowest BCUT2D eigenvalue weighted by molar-refractivity contribution is 0.101. The number of ether oxygens (including phenoxy) is 2. The topological polar surface area (TPSA) is 47.7 Å². The second-order valence-electron chi connectivity index (χ2n) is 5.74. The molecule has 2 aliphatic heterocycles. The summed E-state index contributed by atoms with van der Waals surface area (Å²) in [6, 6.07) is 4.43. The minimum absolute atomic E-state index is 0.321. The van der Waals surface area contributed by atoms with Crippen molar-refractivity contribution in [3.8, 4) is 11.5 Å². The van der Waals surface area contributed by atoms with Crippen molar-refractivity contribution in [3.05, 3.63) is 22.7 Å². The van der Waals surface area contributed by atoms with Crippen molar-refractivity contribution in [1.82, 2.24) is 4.90 Å². The van der Waals surface area contributed by atoms with Gasteiger partial charge in [0.25, 0.3) is 0 Å². The Morgan fingerprint density at radius 1 is 1.33 bits per heavy atom. The number of hydrogen-bond donors (Lipinski definition) is 1. The fraction of sp³-hybridized carbons (Fsp3) is 0.625. The fourth-order valence-corrected chi connectivity index (χ4v) is 3.81. The molecule has 1 fully saturated rings. The Balaban J connectivity index is 1.98. The fourth-order valence-electron chi connectivity index (χ4n) is 3.54. The molecular formula is C16H23ClN2O2. The highest BCUT2D eigenvalue weighted by Crippen LogP contribution is 2.43. The standard InChI is InChI=1S/C16H23ClN2O2/c1-2-19-5-3-4-11(10-18)15(19)12-8-13(17)16-14(9-12)20-6-7-21-16/h8-9,11,15H,2-7,10,18H2,1H3. The lowest BCUT2D eigenvalue weighted by atomic mass is 9.84. The van der Waals surface area contributed by atoms with Crippen molar-refractivity contribution in [2.24, 2.45) is 11.7 Å². The van der Waals surface area contributed by atoms with E-state index in [1.807, 2.05) is 6.07 Å². The van der Waals surface area contributed by atoms with Crippen molar-refractivity contribution >= 4 is 11.6 Å². The van der Waals surface area contributed by atoms with Gasteiger partial charge in [0.15, 0.2) is 11.5 Å². The Kier molecular flexibility index (Phi) is 4.57. The zero-order chi connectivity index (χ0) is 14.8. The third-order valence-electron chi connectivity index (χ3n) is 4.53. The van der Waals surface area contributed by atoms with Crippen LogP contribution in [0.4, 0.5) is 0 Å². The van der Waals surface area contributed by atoms with Gasteiger partial charge in [0.05, 0.1) is 5.02 Å². The van der Waals surface area contributed by atoms with Gasteiger partial charge in [-0.25, -0.2) is 0 Å². The maximum Gasteiger partial charge on any atom is 0.179 e. The minimum atomic E-state index is 0.321. The number of likely N-dealkylation sites (tertiary alicyclic amines) is 1. The van der Waals surface area contributed by atoms with Crippen LogP contribution in [0.5, 0.6) is 11.5 Å². The summed E-state index contributed by atoms with van der Waals surface area (Å²) in [5.41, 5.74) is 7.20. The third kappa shape index (κ3) is 2.85. The van der Waals surface area contributed by atoms with Gasteiger partial charge >= 0.3 is 0 Å². The van der Waals surface area contributed by atoms with Crippen molar-refractivity contribution in [3.63, 3.8) is 0 Å². The van der Waals surface area contributed by atoms with Crippen LogP contribution in [0.2, 0.25) is 5.02 Å². The van der Waals surface area contributed by atoms with E-state index in [0.717, 1.165) is 18.8 Å². The van der Waals surface area contributed by atoms with E-state index in [2.05, 4.69) is 17.9 Å². The predicted molar refractivity (Wildman–Crippen MR) is 84.2 cm³/mol. The zero-order valence-corrected chi connectivity index (χ0v) is 13.2. The first kappa shape index (κ1) is 14.9. The van der Waals surface area contributed by atoms with Crippen LogP contribution < -0.4 is 15.2 Å². The van der Waals surface area contributed by atoms with Gasteiger partial charge in [0.2, 0.25) is 0 Å². The van der Waals surface area contributed by atoms with E-state index in [0.29, 0.717) is 42.5 Å². The number of nitrogens with two attached hydrogens (primary N) is 1. The van der Waals surface area contributed by atoms with E-state index in [-0.39, 0.29) is 0 Å². The number of fused-ring (bicyclic) bond motifs is 1. The molecule has 2 unspecified atom stereocenters. The van der Waals surface area contributed by atoms with Crippen LogP contribution in [0.3, 0.4) is 0 Å². The molecule has 0 radical (unpaired) electrons. The van der Waals surface area contributed by atoms with Gasteiger partial charge in [0, 0.05) is 6.04 Å². The first-order valence-electron chi connectivity index (χ1n) is 7.77. The first-order chi connectivity index (χ1) is 10.2. The molecule has 0 aliphatic carbocycles. The van der Waals surface area contributed by atoms with Gasteiger partial charge in [-0.15, -0.1) is 0 Å². The Bertz CT molecular complexity index is 497. The van der Waals surface area contributed by atoms with Crippen LogP contribution in [0.15, 0.2) is 12.1 Å². The average molecular weight is 311 g/mol. The summed E-state index contributed by atoms with van der Waals surface area (Å²) in [5, 5.41) is 0.639. The Labute approximate surface area is 131 Å². The molecule has 3 rings (SSSR count). The summed E-state index contributed by atoms with van der Waals surface area (Å²) in [6.07, 6.45) is 2.38. The maximum absolute atomic E-state index is 6.39. The summed E-state index contributed by atoms with van der Waals surface area (Å²) in [7, 11) is 0. The summed E-state index contributed by atoms with van der Waals surface area (Å²) >= 11 is 6.39. The Hall–Kier alpha value is -0.970. The van der Waals surface area contributed by atoms with Crippen LogP contribution in [-0.2, 0) is 0 Å². The SMILES string of the molecule is CCN1CCCC(CN)C1c1cc(Cl)c2c(c1)OCCO2. The Morgan fingerprint density at radius 3 is 2.90 bits per heavy atom. The van der Waals surface area contributed by atoms with E-state index < -0.39 is 0 Å². The second-order valence-corrected chi connectivity index (χ2v) is 6.15. The molecule has 0 saturated carbocycles. The predicted octanol–water partition coefficient (Wildman–Crippen LogP) is 2.84. The van der Waals surface area contributed by atoms with Gasteiger partial charge in [0.1, 0.15) is 13.2 Å². The average Bonchev–Trinajstić information content (AvgIpc) is 2.54. The largest absolute Gasteiger partial charge is 0.486 e. The molecule has 0 spiro atoms. The number of piperidine rings is 1. The molecule has 21 heavy (non-hydrogen) atoms. The number of hydrogen-bond acceptors (Lipinski definition) is 4. The molecule has 1 saturated heterocycles. The van der Waals surface area contributed by atoms with Crippen LogP contribution in [-0.4, -0.2) is 37.7 Å². The zero-order valence-electron chi connectivity index (χ0n) is 12.5.